The van der Waals surface area contributed by atoms with Crippen LogP contribution in [0.3, 0.4) is 0 Å². The Morgan fingerprint density at radius 2 is 2.05 bits per heavy atom. The Balaban J connectivity index is 2.31. The Morgan fingerprint density at radius 1 is 1.36 bits per heavy atom. The van der Waals surface area contributed by atoms with Crippen molar-refractivity contribution in [2.45, 2.75) is 17.7 Å². The minimum absolute atomic E-state index is 0.0610. The van der Waals surface area contributed by atoms with Gasteiger partial charge in [-0.2, -0.15) is 0 Å². The number of piperidine rings is 1. The lowest BCUT2D eigenvalue weighted by Gasteiger charge is -2.31. The van der Waals surface area contributed by atoms with Crippen molar-refractivity contribution in [2.24, 2.45) is 5.92 Å². The summed E-state index contributed by atoms with van der Waals surface area (Å²) in [6.45, 7) is 0.613. The Morgan fingerprint density at radius 3 is 2.64 bits per heavy atom. The van der Waals surface area contributed by atoms with E-state index in [-0.39, 0.29) is 22.9 Å². The third-order valence-electron chi connectivity index (χ3n) is 3.65. The summed E-state index contributed by atoms with van der Waals surface area (Å²) in [5.74, 6) is -1.85. The molecule has 0 spiro atoms. The van der Waals surface area contributed by atoms with E-state index in [1.165, 1.54) is 23.1 Å². The second-order valence-electron chi connectivity index (χ2n) is 5.34. The number of nitrogens with zero attached hydrogens (tertiary/aromatic N) is 1. The summed E-state index contributed by atoms with van der Waals surface area (Å²) < 4.78 is 23.7. The van der Waals surface area contributed by atoms with Gasteiger partial charge in [0.1, 0.15) is 0 Å². The molecule has 0 aromatic heterocycles. The number of rotatable bonds is 3. The Bertz CT molecular complexity index is 716. The van der Waals surface area contributed by atoms with Crippen LogP contribution < -0.4 is 0 Å². The van der Waals surface area contributed by atoms with E-state index >= 15 is 0 Å². The van der Waals surface area contributed by atoms with Crippen LogP contribution in [-0.4, -0.2) is 49.6 Å². The number of carbonyl (C=O) groups is 2. The summed E-state index contributed by atoms with van der Waals surface area (Å²) in [6.07, 6.45) is 2.24. The van der Waals surface area contributed by atoms with Crippen molar-refractivity contribution in [1.29, 1.82) is 0 Å². The first-order chi connectivity index (χ1) is 10.2. The fraction of sp³-hybridized carbons (Fsp3) is 0.429. The fourth-order valence-corrected chi connectivity index (χ4v) is 3.50. The highest BCUT2D eigenvalue weighted by atomic mass is 79.9. The van der Waals surface area contributed by atoms with E-state index in [9.17, 15) is 18.0 Å². The number of benzene rings is 1. The first kappa shape index (κ1) is 17.0. The highest BCUT2D eigenvalue weighted by Gasteiger charge is 2.29. The molecule has 6 nitrogen and oxygen atoms in total. The summed E-state index contributed by atoms with van der Waals surface area (Å²) in [5.41, 5.74) is 0.231. The van der Waals surface area contributed by atoms with Gasteiger partial charge in [-0.3, -0.25) is 9.59 Å². The Labute approximate surface area is 137 Å². The van der Waals surface area contributed by atoms with Gasteiger partial charge in [0.2, 0.25) is 0 Å². The van der Waals surface area contributed by atoms with Gasteiger partial charge in [0.25, 0.3) is 5.91 Å². The summed E-state index contributed by atoms with van der Waals surface area (Å²) in [5, 5.41) is 9.09. The molecule has 0 bridgehead atoms. The van der Waals surface area contributed by atoms with Crippen LogP contribution in [0.4, 0.5) is 0 Å². The lowest BCUT2D eigenvalue weighted by Crippen LogP contribution is -2.42. The molecule has 1 N–H and O–H groups in total. The van der Waals surface area contributed by atoms with Crippen LogP contribution in [0.1, 0.15) is 23.2 Å². The lowest BCUT2D eigenvalue weighted by molar-refractivity contribution is -0.143. The molecule has 0 saturated carbocycles. The number of sulfone groups is 1. The number of carboxylic acid groups (broad SMARTS) is 1. The lowest BCUT2D eigenvalue weighted by atomic mass is 9.97. The van der Waals surface area contributed by atoms with Gasteiger partial charge in [0.15, 0.2) is 9.84 Å². The van der Waals surface area contributed by atoms with E-state index < -0.39 is 21.7 Å². The van der Waals surface area contributed by atoms with Crippen LogP contribution in [0.25, 0.3) is 0 Å². The molecule has 1 heterocycles. The van der Waals surface area contributed by atoms with Gasteiger partial charge in [-0.1, -0.05) is 0 Å². The zero-order valence-electron chi connectivity index (χ0n) is 12.0. The molecule has 0 radical (unpaired) electrons. The third-order valence-corrected chi connectivity index (χ3v) is 5.46. The van der Waals surface area contributed by atoms with Crippen molar-refractivity contribution in [3.05, 3.63) is 28.2 Å². The summed E-state index contributed by atoms with van der Waals surface area (Å²) in [7, 11) is -3.42. The number of carboxylic acids is 1. The average molecular weight is 390 g/mol. The van der Waals surface area contributed by atoms with E-state index in [1.807, 2.05) is 0 Å². The molecule has 1 saturated heterocycles. The van der Waals surface area contributed by atoms with Crippen molar-refractivity contribution >= 4 is 37.6 Å². The molecule has 1 aromatic carbocycles. The van der Waals surface area contributed by atoms with E-state index in [0.717, 1.165) is 6.26 Å². The number of likely N-dealkylation sites (tertiary alicyclic amines) is 1. The average Bonchev–Trinajstić information content (AvgIpc) is 2.46. The van der Waals surface area contributed by atoms with Gasteiger partial charge in [-0.05, 0) is 47.0 Å². The maximum Gasteiger partial charge on any atom is 0.308 e. The molecule has 1 atom stereocenters. The molecular weight excluding hydrogens is 374 g/mol. The predicted octanol–water partition coefficient (Wildman–Crippen LogP) is 1.79. The standard InChI is InChI=1S/C14H16BrNO5S/c1-22(20,21)10-4-5-12(15)11(7-10)13(17)16-6-2-3-9(8-16)14(18)19/h4-5,7,9H,2-3,6,8H2,1H3,(H,18,19). The minimum atomic E-state index is -3.42. The van der Waals surface area contributed by atoms with Crippen molar-refractivity contribution in [1.82, 2.24) is 4.90 Å². The number of hydrogen-bond acceptors (Lipinski definition) is 4. The zero-order valence-corrected chi connectivity index (χ0v) is 14.4. The highest BCUT2D eigenvalue weighted by Crippen LogP contribution is 2.25. The first-order valence-electron chi connectivity index (χ1n) is 6.72. The quantitative estimate of drug-likeness (QED) is 0.850. The van der Waals surface area contributed by atoms with Crippen molar-refractivity contribution in [3.8, 4) is 0 Å². The molecular formula is C14H16BrNO5S. The van der Waals surface area contributed by atoms with Crippen LogP contribution >= 0.6 is 15.9 Å². The predicted molar refractivity (Wildman–Crippen MR) is 83.5 cm³/mol. The van der Waals surface area contributed by atoms with Gasteiger partial charge < -0.3 is 10.0 Å². The monoisotopic (exact) mass is 389 g/mol. The summed E-state index contributed by atoms with van der Waals surface area (Å²) in [6, 6.07) is 4.26. The van der Waals surface area contributed by atoms with E-state index in [1.54, 1.807) is 0 Å². The minimum Gasteiger partial charge on any atom is -0.481 e. The van der Waals surface area contributed by atoms with Gasteiger partial charge in [0.05, 0.1) is 16.4 Å². The molecule has 8 heteroatoms. The molecule has 1 amide bonds. The molecule has 2 rings (SSSR count). The smallest absolute Gasteiger partial charge is 0.308 e. The van der Waals surface area contributed by atoms with E-state index in [4.69, 9.17) is 5.11 Å². The summed E-state index contributed by atoms with van der Waals surface area (Å²) >= 11 is 3.25. The van der Waals surface area contributed by atoms with Gasteiger partial charge >= 0.3 is 5.97 Å². The normalized spacial score (nSPS) is 19.0. The molecule has 0 aliphatic carbocycles. The third kappa shape index (κ3) is 3.67. The number of halogens is 1. The zero-order chi connectivity index (χ0) is 16.5. The molecule has 1 aliphatic rings. The van der Waals surface area contributed by atoms with Crippen molar-refractivity contribution in [2.75, 3.05) is 19.3 Å². The molecule has 22 heavy (non-hydrogen) atoms. The van der Waals surface area contributed by atoms with E-state index in [2.05, 4.69) is 15.9 Å². The number of amides is 1. The number of aliphatic carboxylic acids is 1. The van der Waals surface area contributed by atoms with Gasteiger partial charge in [-0.25, -0.2) is 8.42 Å². The Kier molecular flexibility index (Phi) is 4.91. The maximum atomic E-state index is 12.6. The second kappa shape index (κ2) is 6.37. The molecule has 1 aromatic rings. The van der Waals surface area contributed by atoms with Crippen molar-refractivity contribution < 1.29 is 23.1 Å². The number of hydrogen-bond donors (Lipinski definition) is 1. The topological polar surface area (TPSA) is 91.8 Å². The molecule has 1 aliphatic heterocycles. The summed E-state index contributed by atoms with van der Waals surface area (Å²) in [4.78, 5) is 25.2. The molecule has 1 fully saturated rings. The van der Waals surface area contributed by atoms with E-state index in [0.29, 0.717) is 23.9 Å². The van der Waals surface area contributed by atoms with Gasteiger partial charge in [-0.15, -0.1) is 0 Å². The van der Waals surface area contributed by atoms with Crippen LogP contribution in [0.2, 0.25) is 0 Å². The largest absolute Gasteiger partial charge is 0.481 e. The highest BCUT2D eigenvalue weighted by molar-refractivity contribution is 9.10. The second-order valence-corrected chi connectivity index (χ2v) is 8.21. The molecule has 120 valence electrons. The maximum absolute atomic E-state index is 12.6. The van der Waals surface area contributed by atoms with Crippen LogP contribution in [0.15, 0.2) is 27.6 Å². The Hall–Kier alpha value is -1.41. The van der Waals surface area contributed by atoms with Gasteiger partial charge in [0, 0.05) is 23.8 Å². The van der Waals surface area contributed by atoms with Crippen LogP contribution in [0.5, 0.6) is 0 Å². The van der Waals surface area contributed by atoms with Crippen LogP contribution in [0, 0.1) is 5.92 Å². The van der Waals surface area contributed by atoms with Crippen LogP contribution in [-0.2, 0) is 14.6 Å². The fourth-order valence-electron chi connectivity index (χ4n) is 2.43. The number of carbonyl (C=O) groups excluding carboxylic acids is 1. The first-order valence-corrected chi connectivity index (χ1v) is 9.40. The SMILES string of the molecule is CS(=O)(=O)c1ccc(Br)c(C(=O)N2CCCC(C(=O)O)C2)c1. The molecule has 1 unspecified atom stereocenters. The van der Waals surface area contributed by atoms with Crippen molar-refractivity contribution in [3.63, 3.8) is 0 Å².